The van der Waals surface area contributed by atoms with Crippen LogP contribution in [0.4, 0.5) is 0 Å². The van der Waals surface area contributed by atoms with Gasteiger partial charge in [-0.05, 0) is 60.3 Å². The predicted molar refractivity (Wildman–Crippen MR) is 189 cm³/mol. The lowest BCUT2D eigenvalue weighted by Gasteiger charge is -2.35. The van der Waals surface area contributed by atoms with Crippen LogP contribution < -0.4 is 5.32 Å². The lowest BCUT2D eigenvalue weighted by Crippen LogP contribution is -2.57. The first-order chi connectivity index (χ1) is 22.7. The molecule has 0 aromatic heterocycles. The molecule has 0 saturated carbocycles. The van der Waals surface area contributed by atoms with Crippen LogP contribution in [0.1, 0.15) is 127 Å². The Bertz CT molecular complexity index is 1040. The van der Waals surface area contributed by atoms with Crippen LogP contribution in [-0.4, -0.2) is 102 Å². The summed E-state index contributed by atoms with van der Waals surface area (Å²) < 4.78 is 34.1. The fraction of sp³-hybridized carbons (Fsp3) is 0.886. The highest BCUT2D eigenvalue weighted by molar-refractivity contribution is 7.54. The topological polar surface area (TPSA) is 178 Å². The molecule has 0 aliphatic rings. The summed E-state index contributed by atoms with van der Waals surface area (Å²) in [4.78, 5) is 51.9. The highest BCUT2D eigenvalue weighted by Gasteiger charge is 2.44. The van der Waals surface area contributed by atoms with Gasteiger partial charge in [-0.3, -0.25) is 23.7 Å². The van der Waals surface area contributed by atoms with E-state index in [1.165, 1.54) is 32.7 Å². The number of hydrogen-bond acceptors (Lipinski definition) is 11. The molecular weight excluding hydrogens is 655 g/mol. The normalized spacial score (nSPS) is 15.2. The van der Waals surface area contributed by atoms with Crippen molar-refractivity contribution in [3.8, 4) is 0 Å². The molecule has 0 radical (unpaired) electrons. The summed E-state index contributed by atoms with van der Waals surface area (Å²) in [5, 5.41) is 24.6. The van der Waals surface area contributed by atoms with E-state index in [-0.39, 0.29) is 13.2 Å². The Morgan fingerprint density at radius 3 is 1.78 bits per heavy atom. The minimum absolute atomic E-state index is 0.0826. The van der Waals surface area contributed by atoms with Gasteiger partial charge < -0.3 is 39.0 Å². The Kier molecular flexibility index (Phi) is 22.4. The quantitative estimate of drug-likeness (QED) is 0.0593. The van der Waals surface area contributed by atoms with Crippen molar-refractivity contribution in [3.05, 3.63) is 0 Å². The highest BCUT2D eigenvalue weighted by Crippen LogP contribution is 2.47. The molecule has 14 heteroatoms. The highest BCUT2D eigenvalue weighted by atomic mass is 31.2. The van der Waals surface area contributed by atoms with Crippen molar-refractivity contribution >= 4 is 31.3 Å². The second kappa shape index (κ2) is 23.4. The van der Waals surface area contributed by atoms with Crippen molar-refractivity contribution in [3.63, 3.8) is 0 Å². The van der Waals surface area contributed by atoms with Crippen molar-refractivity contribution in [2.75, 3.05) is 39.5 Å². The minimum atomic E-state index is -3.69. The molecule has 0 heterocycles. The zero-order valence-corrected chi connectivity index (χ0v) is 32.8. The summed E-state index contributed by atoms with van der Waals surface area (Å²) in [5.41, 5.74) is -3.11. The predicted octanol–water partition coefficient (Wildman–Crippen LogP) is 5.39. The van der Waals surface area contributed by atoms with Crippen molar-refractivity contribution in [2.45, 2.75) is 150 Å². The smallest absolute Gasteiger partial charge is 0.340 e. The molecule has 49 heavy (non-hydrogen) atoms. The number of rotatable bonds is 26. The van der Waals surface area contributed by atoms with Gasteiger partial charge in [-0.1, -0.05) is 72.1 Å². The van der Waals surface area contributed by atoms with E-state index in [9.17, 15) is 34.0 Å². The van der Waals surface area contributed by atoms with E-state index in [1.54, 1.807) is 41.5 Å². The first-order valence-electron chi connectivity index (χ1n) is 17.9. The molecule has 2 unspecified atom stereocenters. The lowest BCUT2D eigenvalue weighted by atomic mass is 9.83. The van der Waals surface area contributed by atoms with Crippen molar-refractivity contribution in [1.29, 1.82) is 0 Å². The SMILES string of the molecule is CCOP(=O)(CC(=O)N(C)CC(=O)O[C@H](CCCCCCCCCCC(C)C)[C@@H](C)C(O)C(C)(O)C(=O)NCC(=O)OC(C)(C)C)OCC. The number of aliphatic hydroxyl groups excluding tert-OH is 1. The van der Waals surface area contributed by atoms with Gasteiger partial charge >= 0.3 is 19.5 Å². The minimum Gasteiger partial charge on any atom is -0.461 e. The third kappa shape index (κ3) is 20.4. The van der Waals surface area contributed by atoms with Gasteiger partial charge in [0.25, 0.3) is 5.91 Å². The number of likely N-dealkylation sites (N-methyl/N-ethyl adjacent to an activating group) is 1. The molecule has 0 aromatic rings. The molecule has 0 spiro atoms. The maximum Gasteiger partial charge on any atom is 0.340 e. The standard InChI is InChI=1S/C35H67N2O11P/c1-11-45-49(44,46-12-2)25-29(38)37(10)24-31(40)47-28(22-20-18-16-14-13-15-17-19-21-26(3)4)27(5)32(41)35(9,43)33(42)36-23-30(39)48-34(6,7)8/h26-28,32,41,43H,11-25H2,1-10H3,(H,36,42)/t27-,28-,32?,35?/m1/s1. The van der Waals surface area contributed by atoms with Crippen LogP contribution >= 0.6 is 7.60 Å². The average Bonchev–Trinajstić information content (AvgIpc) is 2.98. The van der Waals surface area contributed by atoms with Crippen LogP contribution in [0.3, 0.4) is 0 Å². The van der Waals surface area contributed by atoms with E-state index in [1.807, 2.05) is 0 Å². The van der Waals surface area contributed by atoms with Gasteiger partial charge in [-0.2, -0.15) is 0 Å². The second-order valence-corrected chi connectivity index (χ2v) is 16.5. The van der Waals surface area contributed by atoms with Crippen molar-refractivity contribution < 1.29 is 52.5 Å². The largest absolute Gasteiger partial charge is 0.461 e. The third-order valence-corrected chi connectivity index (χ3v) is 9.97. The summed E-state index contributed by atoms with van der Waals surface area (Å²) in [5.74, 6) is -3.31. The van der Waals surface area contributed by atoms with Gasteiger partial charge in [0, 0.05) is 13.0 Å². The maximum atomic E-state index is 13.1. The van der Waals surface area contributed by atoms with Crippen molar-refractivity contribution in [1.82, 2.24) is 10.2 Å². The Labute approximate surface area is 295 Å². The lowest BCUT2D eigenvalue weighted by molar-refractivity contribution is -0.170. The zero-order chi connectivity index (χ0) is 37.8. The number of amides is 2. The van der Waals surface area contributed by atoms with E-state index in [2.05, 4.69) is 19.2 Å². The molecule has 4 atom stereocenters. The molecule has 0 fully saturated rings. The first-order valence-corrected chi connectivity index (χ1v) is 19.6. The number of esters is 2. The number of ether oxygens (including phenoxy) is 2. The zero-order valence-electron chi connectivity index (χ0n) is 31.9. The number of carbonyl (C=O) groups is 4. The monoisotopic (exact) mass is 722 g/mol. The van der Waals surface area contributed by atoms with E-state index in [0.717, 1.165) is 43.4 Å². The molecular formula is C35H67N2O11P. The summed E-state index contributed by atoms with van der Waals surface area (Å²) in [6.07, 6.45) is 6.84. The Hall–Kier alpha value is -2.05. The van der Waals surface area contributed by atoms with Crippen LogP contribution in [0.2, 0.25) is 0 Å². The molecule has 13 nitrogen and oxygen atoms in total. The number of carbonyl (C=O) groups excluding carboxylic acids is 4. The average molecular weight is 723 g/mol. The number of nitrogens with zero attached hydrogens (tertiary/aromatic N) is 1. The Morgan fingerprint density at radius 2 is 1.31 bits per heavy atom. The number of nitrogens with one attached hydrogen (secondary N) is 1. The fourth-order valence-corrected chi connectivity index (χ4v) is 6.86. The first kappa shape index (κ1) is 47.0. The second-order valence-electron chi connectivity index (χ2n) is 14.4. The van der Waals surface area contributed by atoms with Gasteiger partial charge in [-0.15, -0.1) is 0 Å². The summed E-state index contributed by atoms with van der Waals surface area (Å²) in [6.45, 7) is 14.6. The van der Waals surface area contributed by atoms with Gasteiger partial charge in [0.15, 0.2) is 5.60 Å². The summed E-state index contributed by atoms with van der Waals surface area (Å²) in [7, 11) is -2.32. The fourth-order valence-electron chi connectivity index (χ4n) is 5.24. The molecule has 3 N–H and O–H groups in total. The van der Waals surface area contributed by atoms with Crippen LogP contribution in [-0.2, 0) is 42.3 Å². The molecule has 0 aromatic carbocycles. The number of aliphatic hydroxyl groups is 2. The molecule has 0 rings (SSSR count). The number of hydrogen-bond donors (Lipinski definition) is 3. The van der Waals surface area contributed by atoms with E-state index >= 15 is 0 Å². The number of unbranched alkanes of at least 4 members (excludes halogenated alkanes) is 7. The molecule has 2 amide bonds. The molecule has 0 saturated heterocycles. The van der Waals surface area contributed by atoms with Gasteiger partial charge in [0.1, 0.15) is 31.0 Å². The Morgan fingerprint density at radius 1 is 0.816 bits per heavy atom. The molecule has 0 aliphatic carbocycles. The van der Waals surface area contributed by atoms with E-state index in [0.29, 0.717) is 12.8 Å². The molecule has 288 valence electrons. The summed E-state index contributed by atoms with van der Waals surface area (Å²) in [6, 6.07) is 0. The third-order valence-electron chi connectivity index (χ3n) is 8.01. The summed E-state index contributed by atoms with van der Waals surface area (Å²) >= 11 is 0. The molecule has 0 bridgehead atoms. The van der Waals surface area contributed by atoms with E-state index < -0.39 is 79.9 Å². The van der Waals surface area contributed by atoms with Crippen molar-refractivity contribution in [2.24, 2.45) is 11.8 Å². The maximum absolute atomic E-state index is 13.1. The molecule has 0 aliphatic heterocycles. The van der Waals surface area contributed by atoms with Crippen LogP contribution in [0.5, 0.6) is 0 Å². The van der Waals surface area contributed by atoms with Crippen LogP contribution in [0.25, 0.3) is 0 Å². The van der Waals surface area contributed by atoms with Crippen LogP contribution in [0.15, 0.2) is 0 Å². The van der Waals surface area contributed by atoms with Gasteiger partial charge in [0.05, 0.1) is 19.3 Å². The Balaban J connectivity index is 5.50. The van der Waals surface area contributed by atoms with Gasteiger partial charge in [-0.25, -0.2) is 0 Å². The van der Waals surface area contributed by atoms with Gasteiger partial charge in [0.2, 0.25) is 5.91 Å². The van der Waals surface area contributed by atoms with E-state index in [4.69, 9.17) is 18.5 Å². The van der Waals surface area contributed by atoms with Crippen LogP contribution in [0, 0.1) is 11.8 Å².